The Morgan fingerprint density at radius 3 is 2.66 bits per heavy atom. The molecule has 1 atom stereocenters. The highest BCUT2D eigenvalue weighted by molar-refractivity contribution is 7.16. The molecule has 0 aromatic carbocycles. The van der Waals surface area contributed by atoms with Crippen LogP contribution in [-0.4, -0.2) is 86.5 Å². The van der Waals surface area contributed by atoms with Gasteiger partial charge in [-0.25, -0.2) is 24.3 Å². The number of morpholine rings is 1. The number of anilines is 2. The van der Waals surface area contributed by atoms with Gasteiger partial charge in [-0.3, -0.25) is 10.1 Å². The van der Waals surface area contributed by atoms with Crippen LogP contribution in [0.25, 0.3) is 4.96 Å². The Morgan fingerprint density at radius 1 is 1.16 bits per heavy atom. The molecule has 44 heavy (non-hydrogen) atoms. The third kappa shape index (κ3) is 6.29. The number of ether oxygens (including phenoxy) is 3. The van der Waals surface area contributed by atoms with Gasteiger partial charge in [-0.05, 0) is 39.8 Å². The van der Waals surface area contributed by atoms with E-state index in [4.69, 9.17) is 30.8 Å². The Hall–Kier alpha value is -3.60. The largest absolute Gasteiger partial charge is 0.481 e. The monoisotopic (exact) mass is 664 g/mol. The number of aryl methyl sites for hydroxylation is 1. The van der Waals surface area contributed by atoms with Crippen molar-refractivity contribution in [2.75, 3.05) is 49.7 Å². The van der Waals surface area contributed by atoms with Gasteiger partial charge in [-0.15, -0.1) is 0 Å². The maximum absolute atomic E-state index is 15.6. The van der Waals surface area contributed by atoms with E-state index in [0.29, 0.717) is 66.2 Å². The van der Waals surface area contributed by atoms with Gasteiger partial charge in [0.2, 0.25) is 10.1 Å². The number of nitrogens with one attached hydrogen (secondary N) is 1. The van der Waals surface area contributed by atoms with Crippen molar-refractivity contribution in [3.63, 3.8) is 0 Å². The molecule has 0 saturated carbocycles. The quantitative estimate of drug-likeness (QED) is 0.294. The van der Waals surface area contributed by atoms with Crippen LogP contribution < -0.4 is 15.0 Å². The van der Waals surface area contributed by atoms with Crippen molar-refractivity contribution in [1.29, 1.82) is 0 Å². The smallest absolute Gasteiger partial charge is 0.413 e. The van der Waals surface area contributed by atoms with E-state index in [1.807, 2.05) is 6.92 Å². The van der Waals surface area contributed by atoms with Gasteiger partial charge < -0.3 is 24.0 Å². The first kappa shape index (κ1) is 30.4. The summed E-state index contributed by atoms with van der Waals surface area (Å²) >= 11 is 8.46. The summed E-state index contributed by atoms with van der Waals surface area (Å²) in [5.41, 5.74) is 0.430. The maximum atomic E-state index is 15.6. The number of aromatic nitrogens is 5. The first-order valence-electron chi connectivity index (χ1n) is 13.9. The highest BCUT2D eigenvalue weighted by Crippen LogP contribution is 2.39. The fraction of sp³-hybridized carbons (Fsp3) is 0.481. The Kier molecular flexibility index (Phi) is 8.34. The zero-order chi connectivity index (χ0) is 31.2. The summed E-state index contributed by atoms with van der Waals surface area (Å²) in [6.07, 6.45) is -0.339. The topological polar surface area (TPSA) is 136 Å². The van der Waals surface area contributed by atoms with Gasteiger partial charge in [0.15, 0.2) is 22.6 Å². The van der Waals surface area contributed by atoms with Crippen LogP contribution in [0.2, 0.25) is 5.15 Å². The second-order valence-electron chi connectivity index (χ2n) is 11.2. The SMILES string of the molecule is Cc1nn2c3c(nc2s1)CCN(C(=O)COc1ccc(N2CCOCC2)nc1Cl)C3c1nc(NC(=O)OC(C)(C)C)sc1F. The van der Waals surface area contributed by atoms with E-state index in [2.05, 4.69) is 25.3 Å². The molecule has 2 aliphatic rings. The molecule has 234 valence electrons. The zero-order valence-corrected chi connectivity index (χ0v) is 26.8. The van der Waals surface area contributed by atoms with Gasteiger partial charge >= 0.3 is 6.09 Å². The minimum atomic E-state index is -0.978. The number of imidazole rings is 1. The van der Waals surface area contributed by atoms with Gasteiger partial charge in [-0.1, -0.05) is 34.3 Å². The lowest BCUT2D eigenvalue weighted by atomic mass is 10.00. The molecule has 4 aromatic heterocycles. The molecule has 17 heteroatoms. The summed E-state index contributed by atoms with van der Waals surface area (Å²) in [6.45, 7) is 9.46. The summed E-state index contributed by atoms with van der Waals surface area (Å²) in [5, 5.41) is 7.27. The van der Waals surface area contributed by atoms with Crippen LogP contribution in [0.15, 0.2) is 12.1 Å². The lowest BCUT2D eigenvalue weighted by Crippen LogP contribution is -2.44. The summed E-state index contributed by atoms with van der Waals surface area (Å²) in [4.78, 5) is 43.8. The molecule has 0 spiro atoms. The summed E-state index contributed by atoms with van der Waals surface area (Å²) in [6, 6.07) is 2.48. The number of halogens is 2. The number of rotatable bonds is 6. The van der Waals surface area contributed by atoms with Crippen LogP contribution in [0.5, 0.6) is 5.75 Å². The predicted octanol–water partition coefficient (Wildman–Crippen LogP) is 4.48. The molecule has 1 N–H and O–H groups in total. The average molecular weight is 665 g/mol. The van der Waals surface area contributed by atoms with E-state index in [1.165, 1.54) is 16.2 Å². The number of amides is 2. The van der Waals surface area contributed by atoms with Crippen molar-refractivity contribution >= 4 is 62.2 Å². The van der Waals surface area contributed by atoms with Crippen molar-refractivity contribution in [3.8, 4) is 5.75 Å². The van der Waals surface area contributed by atoms with Crippen molar-refractivity contribution < 1.29 is 28.2 Å². The van der Waals surface area contributed by atoms with Gasteiger partial charge in [0.05, 0.1) is 24.6 Å². The number of fused-ring (bicyclic) bond motifs is 3. The second kappa shape index (κ2) is 12.1. The van der Waals surface area contributed by atoms with Crippen LogP contribution >= 0.6 is 34.3 Å². The highest BCUT2D eigenvalue weighted by Gasteiger charge is 2.40. The van der Waals surface area contributed by atoms with Crippen LogP contribution in [0.3, 0.4) is 0 Å². The fourth-order valence-electron chi connectivity index (χ4n) is 5.04. The highest BCUT2D eigenvalue weighted by atomic mass is 35.5. The van der Waals surface area contributed by atoms with Crippen LogP contribution in [-0.2, 0) is 20.7 Å². The molecule has 1 saturated heterocycles. The van der Waals surface area contributed by atoms with Crippen molar-refractivity contribution in [1.82, 2.24) is 29.5 Å². The lowest BCUT2D eigenvalue weighted by Gasteiger charge is -2.34. The third-order valence-corrected chi connectivity index (χ3v) is 8.73. The molecular weight excluding hydrogens is 635 g/mol. The van der Waals surface area contributed by atoms with Gasteiger partial charge in [-0.2, -0.15) is 9.49 Å². The number of hydrogen-bond acceptors (Lipinski definition) is 12. The molecule has 1 unspecified atom stereocenters. The summed E-state index contributed by atoms with van der Waals surface area (Å²) in [5.74, 6) is 0.514. The Morgan fingerprint density at radius 2 is 1.93 bits per heavy atom. The standard InChI is InChI=1S/C27H30ClFN8O5S2/c1-14-34-37-20-15(30-25(37)43-14)7-8-36(21(20)19-23(29)44-24(32-19)33-26(39)42-27(2,3)4)18(38)13-41-16-5-6-17(31-22(16)28)35-9-11-40-12-10-35/h5-6,21H,7-13H2,1-4H3,(H,32,33,39). The first-order chi connectivity index (χ1) is 21.0. The van der Waals surface area contributed by atoms with E-state index in [1.54, 1.807) is 37.4 Å². The Balaban J connectivity index is 1.27. The number of carbonyl (C=O) groups is 2. The lowest BCUT2D eigenvalue weighted by molar-refractivity contribution is -0.135. The number of carbonyl (C=O) groups excluding carboxylic acids is 2. The Labute approximate surface area is 264 Å². The molecule has 1 fully saturated rings. The minimum absolute atomic E-state index is 0.00375. The molecule has 0 radical (unpaired) electrons. The molecule has 4 aromatic rings. The molecule has 2 amide bonds. The number of pyridine rings is 1. The van der Waals surface area contributed by atoms with Crippen molar-refractivity contribution in [2.45, 2.75) is 45.8 Å². The van der Waals surface area contributed by atoms with E-state index in [-0.39, 0.29) is 34.9 Å². The summed E-state index contributed by atoms with van der Waals surface area (Å²) < 4.78 is 33.8. The predicted molar refractivity (Wildman–Crippen MR) is 163 cm³/mol. The van der Waals surface area contributed by atoms with Crippen LogP contribution in [0.1, 0.15) is 48.9 Å². The molecule has 0 bridgehead atoms. The number of hydrogen-bond donors (Lipinski definition) is 1. The van der Waals surface area contributed by atoms with Crippen LogP contribution in [0, 0.1) is 12.1 Å². The fourth-order valence-corrected chi connectivity index (χ4v) is 6.73. The second-order valence-corrected chi connectivity index (χ2v) is 13.6. The first-order valence-corrected chi connectivity index (χ1v) is 15.9. The van der Waals surface area contributed by atoms with E-state index in [9.17, 15) is 9.59 Å². The van der Waals surface area contributed by atoms with E-state index < -0.39 is 28.8 Å². The number of thiazole rings is 1. The van der Waals surface area contributed by atoms with Crippen LogP contribution in [0.4, 0.5) is 20.1 Å². The molecule has 0 aliphatic carbocycles. The normalized spacial score (nSPS) is 17.1. The summed E-state index contributed by atoms with van der Waals surface area (Å²) in [7, 11) is 0. The third-order valence-electron chi connectivity index (χ3n) is 6.86. The minimum Gasteiger partial charge on any atom is -0.481 e. The van der Waals surface area contributed by atoms with Gasteiger partial charge in [0, 0.05) is 26.1 Å². The van der Waals surface area contributed by atoms with Crippen molar-refractivity contribution in [3.05, 3.63) is 44.5 Å². The zero-order valence-electron chi connectivity index (χ0n) is 24.4. The average Bonchev–Trinajstić information content (AvgIpc) is 3.62. The molecule has 13 nitrogen and oxygen atoms in total. The molecule has 2 aliphatic heterocycles. The number of nitrogens with zero attached hydrogens (tertiary/aromatic N) is 7. The van der Waals surface area contributed by atoms with E-state index >= 15 is 4.39 Å². The van der Waals surface area contributed by atoms with E-state index in [0.717, 1.165) is 5.01 Å². The molecular formula is C27H30ClFN8O5S2. The maximum Gasteiger partial charge on any atom is 0.413 e. The van der Waals surface area contributed by atoms with Gasteiger partial charge in [0.1, 0.15) is 28.2 Å². The Bertz CT molecular complexity index is 1710. The van der Waals surface area contributed by atoms with Gasteiger partial charge in [0.25, 0.3) is 5.91 Å². The molecule has 6 rings (SSSR count). The molecule has 6 heterocycles. The van der Waals surface area contributed by atoms with Crippen molar-refractivity contribution in [2.24, 2.45) is 0 Å².